The fourth-order valence-electron chi connectivity index (χ4n) is 2.28. The molecule has 122 valence electrons. The minimum absolute atomic E-state index is 0.325. The van der Waals surface area contributed by atoms with Gasteiger partial charge in [0.15, 0.2) is 5.75 Å². The SMILES string of the molecule is O=[N+]([O-])c1cc([C@@]2(O)O[C@H](CO)[C@H](O)[C@H](O)[C@H]2O)ccc1O. The van der Waals surface area contributed by atoms with E-state index in [1.54, 1.807) is 0 Å². The molecule has 5 atom stereocenters. The molecular weight excluding hydrogens is 302 g/mol. The van der Waals surface area contributed by atoms with Gasteiger partial charge in [-0.2, -0.15) is 0 Å². The van der Waals surface area contributed by atoms with Crippen LogP contribution >= 0.6 is 0 Å². The number of hydrogen-bond acceptors (Lipinski definition) is 9. The Morgan fingerprint density at radius 3 is 2.45 bits per heavy atom. The van der Waals surface area contributed by atoms with Crippen molar-refractivity contribution in [1.82, 2.24) is 0 Å². The first kappa shape index (κ1) is 16.5. The lowest BCUT2D eigenvalue weighted by atomic mass is 9.88. The zero-order valence-electron chi connectivity index (χ0n) is 11.1. The van der Waals surface area contributed by atoms with Crippen molar-refractivity contribution in [2.75, 3.05) is 6.61 Å². The number of ether oxygens (including phenoxy) is 1. The van der Waals surface area contributed by atoms with Gasteiger partial charge in [-0.25, -0.2) is 0 Å². The number of nitro benzene ring substituents is 1. The molecule has 1 fully saturated rings. The van der Waals surface area contributed by atoms with Gasteiger partial charge in [0.2, 0.25) is 5.79 Å². The molecule has 1 aromatic carbocycles. The second-order valence-corrected chi connectivity index (χ2v) is 4.92. The van der Waals surface area contributed by atoms with Gasteiger partial charge in [0, 0.05) is 11.6 Å². The van der Waals surface area contributed by atoms with Crippen LogP contribution in [0.3, 0.4) is 0 Å². The summed E-state index contributed by atoms with van der Waals surface area (Å²) in [6.07, 6.45) is -6.97. The van der Waals surface area contributed by atoms with E-state index in [2.05, 4.69) is 0 Å². The number of hydrogen-bond donors (Lipinski definition) is 6. The van der Waals surface area contributed by atoms with Crippen LogP contribution in [0.15, 0.2) is 18.2 Å². The van der Waals surface area contributed by atoms with Crippen LogP contribution in [0.4, 0.5) is 5.69 Å². The van der Waals surface area contributed by atoms with Crippen LogP contribution in [-0.4, -0.2) is 66.6 Å². The molecule has 0 saturated carbocycles. The third kappa shape index (κ3) is 2.52. The number of aromatic hydroxyl groups is 1. The highest BCUT2D eigenvalue weighted by Gasteiger charge is 2.54. The topological polar surface area (TPSA) is 174 Å². The second kappa shape index (κ2) is 5.76. The van der Waals surface area contributed by atoms with Crippen molar-refractivity contribution >= 4 is 5.69 Å². The molecule has 6 N–H and O–H groups in total. The summed E-state index contributed by atoms with van der Waals surface area (Å²) in [5, 5.41) is 69.0. The molecule has 0 aromatic heterocycles. The van der Waals surface area contributed by atoms with E-state index >= 15 is 0 Å². The molecule has 0 aliphatic carbocycles. The van der Waals surface area contributed by atoms with Gasteiger partial charge in [-0.05, 0) is 12.1 Å². The van der Waals surface area contributed by atoms with Crippen molar-refractivity contribution in [1.29, 1.82) is 0 Å². The average Bonchev–Trinajstić information content (AvgIpc) is 2.49. The van der Waals surface area contributed by atoms with Crippen molar-refractivity contribution in [3.63, 3.8) is 0 Å². The van der Waals surface area contributed by atoms with E-state index in [0.717, 1.165) is 18.2 Å². The van der Waals surface area contributed by atoms with Crippen molar-refractivity contribution in [3.8, 4) is 5.75 Å². The summed E-state index contributed by atoms with van der Waals surface area (Å²) in [4.78, 5) is 9.90. The predicted molar refractivity (Wildman–Crippen MR) is 68.6 cm³/mol. The monoisotopic (exact) mass is 317 g/mol. The Balaban J connectivity index is 2.49. The Hall–Kier alpha value is -1.82. The van der Waals surface area contributed by atoms with Gasteiger partial charge < -0.3 is 35.4 Å². The van der Waals surface area contributed by atoms with Gasteiger partial charge in [-0.15, -0.1) is 0 Å². The fourth-order valence-corrected chi connectivity index (χ4v) is 2.28. The number of phenols is 1. The average molecular weight is 317 g/mol. The van der Waals surface area contributed by atoms with Crippen LogP contribution in [0.2, 0.25) is 0 Å². The number of nitro groups is 1. The van der Waals surface area contributed by atoms with E-state index < -0.39 is 53.2 Å². The molecule has 0 unspecified atom stereocenters. The molecule has 2 rings (SSSR count). The van der Waals surface area contributed by atoms with Gasteiger partial charge in [0.05, 0.1) is 11.5 Å². The third-order valence-corrected chi connectivity index (χ3v) is 3.55. The Labute approximate surface area is 123 Å². The Morgan fingerprint density at radius 2 is 1.91 bits per heavy atom. The van der Waals surface area contributed by atoms with Crippen LogP contribution in [0.5, 0.6) is 5.75 Å². The molecule has 0 radical (unpaired) electrons. The van der Waals surface area contributed by atoms with E-state index in [-0.39, 0.29) is 5.56 Å². The van der Waals surface area contributed by atoms with E-state index in [1.165, 1.54) is 0 Å². The van der Waals surface area contributed by atoms with Gasteiger partial charge in [0.1, 0.15) is 24.4 Å². The van der Waals surface area contributed by atoms with Gasteiger partial charge >= 0.3 is 5.69 Å². The summed E-state index contributed by atoms with van der Waals surface area (Å²) in [5.41, 5.74) is -1.07. The highest BCUT2D eigenvalue weighted by atomic mass is 16.7. The normalized spacial score (nSPS) is 35.3. The van der Waals surface area contributed by atoms with Crippen LogP contribution in [0.25, 0.3) is 0 Å². The minimum Gasteiger partial charge on any atom is -0.502 e. The predicted octanol–water partition coefficient (Wildman–Crippen LogP) is -2.08. The molecule has 22 heavy (non-hydrogen) atoms. The highest BCUT2D eigenvalue weighted by Crippen LogP contribution is 2.39. The molecular formula is C12H15NO9. The largest absolute Gasteiger partial charge is 0.502 e. The standard InChI is InChI=1S/C12H15NO9/c14-4-8-9(16)10(17)11(18)12(19,22-8)5-1-2-7(15)6(3-5)13(20)21/h1-3,8-11,14-19H,4H2/t8-,9+,10+,11-,12-/m1/s1. The first-order valence-electron chi connectivity index (χ1n) is 6.25. The first-order chi connectivity index (χ1) is 10.2. The number of aliphatic hydroxyl groups excluding tert-OH is 4. The Bertz CT molecular complexity index is 578. The summed E-state index contributed by atoms with van der Waals surface area (Å²) >= 11 is 0. The Kier molecular flexibility index (Phi) is 4.33. The summed E-state index contributed by atoms with van der Waals surface area (Å²) in [5.74, 6) is -3.27. The van der Waals surface area contributed by atoms with E-state index in [0.29, 0.717) is 0 Å². The quantitative estimate of drug-likeness (QED) is 0.270. The molecule has 10 heteroatoms. The second-order valence-electron chi connectivity index (χ2n) is 4.92. The minimum atomic E-state index is -2.61. The van der Waals surface area contributed by atoms with Gasteiger partial charge in [-0.3, -0.25) is 10.1 Å². The Morgan fingerprint density at radius 1 is 1.27 bits per heavy atom. The molecule has 1 saturated heterocycles. The van der Waals surface area contributed by atoms with E-state index in [9.17, 15) is 35.6 Å². The number of nitrogens with zero attached hydrogens (tertiary/aromatic N) is 1. The molecule has 0 bridgehead atoms. The molecule has 1 heterocycles. The zero-order chi connectivity index (χ0) is 16.7. The molecule has 10 nitrogen and oxygen atoms in total. The number of benzene rings is 1. The van der Waals surface area contributed by atoms with E-state index in [1.807, 2.05) is 0 Å². The first-order valence-corrected chi connectivity index (χ1v) is 6.25. The number of aliphatic hydroxyl groups is 5. The fraction of sp³-hybridized carbons (Fsp3) is 0.500. The van der Waals surface area contributed by atoms with Gasteiger partial charge in [-0.1, -0.05) is 0 Å². The van der Waals surface area contributed by atoms with Crippen molar-refractivity contribution < 1.29 is 40.3 Å². The maximum absolute atomic E-state index is 10.8. The zero-order valence-corrected chi connectivity index (χ0v) is 11.1. The molecule has 0 amide bonds. The molecule has 0 spiro atoms. The van der Waals surface area contributed by atoms with Crippen molar-refractivity contribution in [2.24, 2.45) is 0 Å². The van der Waals surface area contributed by atoms with Crippen molar-refractivity contribution in [2.45, 2.75) is 30.2 Å². The van der Waals surface area contributed by atoms with Crippen molar-refractivity contribution in [3.05, 3.63) is 33.9 Å². The van der Waals surface area contributed by atoms with E-state index in [4.69, 9.17) is 9.84 Å². The number of phenolic OH excluding ortho intramolecular Hbond substituents is 1. The van der Waals surface area contributed by atoms with Crippen LogP contribution < -0.4 is 0 Å². The van der Waals surface area contributed by atoms with Crippen LogP contribution in [0.1, 0.15) is 5.56 Å². The summed E-state index contributed by atoms with van der Waals surface area (Å²) in [7, 11) is 0. The van der Waals surface area contributed by atoms with Gasteiger partial charge in [0.25, 0.3) is 0 Å². The third-order valence-electron chi connectivity index (χ3n) is 3.55. The van der Waals surface area contributed by atoms with Crippen LogP contribution in [0, 0.1) is 10.1 Å². The smallest absolute Gasteiger partial charge is 0.311 e. The lowest BCUT2D eigenvalue weighted by Crippen LogP contribution is -2.63. The van der Waals surface area contributed by atoms with Crippen LogP contribution in [-0.2, 0) is 10.5 Å². The number of rotatable bonds is 3. The summed E-state index contributed by atoms with van der Waals surface area (Å²) < 4.78 is 5.02. The maximum atomic E-state index is 10.8. The lowest BCUT2D eigenvalue weighted by molar-refractivity contribution is -0.386. The lowest BCUT2D eigenvalue weighted by Gasteiger charge is -2.45. The molecule has 1 aliphatic rings. The molecule has 1 aromatic rings. The summed E-state index contributed by atoms with van der Waals surface area (Å²) in [6.45, 7) is -0.770. The summed E-state index contributed by atoms with van der Waals surface area (Å²) in [6, 6.07) is 2.72. The maximum Gasteiger partial charge on any atom is 0.311 e. The molecule has 1 aliphatic heterocycles. The highest BCUT2D eigenvalue weighted by molar-refractivity contribution is 5.49.